The van der Waals surface area contributed by atoms with Crippen LogP contribution in [0.25, 0.3) is 33.2 Å². The third kappa shape index (κ3) is 3.84. The number of hydrogen-bond donors (Lipinski definition) is 0. The van der Waals surface area contributed by atoms with Crippen molar-refractivity contribution in [2.24, 2.45) is 5.10 Å². The van der Waals surface area contributed by atoms with Gasteiger partial charge in [-0.15, -0.1) is 0 Å². The summed E-state index contributed by atoms with van der Waals surface area (Å²) in [6, 6.07) is 25.8. The highest BCUT2D eigenvalue weighted by Gasteiger charge is 2.21. The van der Waals surface area contributed by atoms with Gasteiger partial charge in [0, 0.05) is 6.54 Å². The lowest BCUT2D eigenvalue weighted by Gasteiger charge is -2.10. The zero-order chi connectivity index (χ0) is 24.6. The second-order valence-corrected chi connectivity index (χ2v) is 8.91. The predicted molar refractivity (Wildman–Crippen MR) is 144 cm³/mol. The third-order valence-corrected chi connectivity index (χ3v) is 6.36. The summed E-state index contributed by atoms with van der Waals surface area (Å²) in [6.45, 7) is 4.42. The van der Waals surface area contributed by atoms with E-state index in [2.05, 4.69) is 12.1 Å². The van der Waals surface area contributed by atoms with Gasteiger partial charge >= 0.3 is 0 Å². The van der Waals surface area contributed by atoms with Crippen molar-refractivity contribution in [3.8, 4) is 0 Å². The van der Waals surface area contributed by atoms with Crippen LogP contribution in [0.2, 0.25) is 0 Å². The maximum Gasteiger partial charge on any atom is 0.265 e. The van der Waals surface area contributed by atoms with Gasteiger partial charge in [0.05, 0.1) is 17.2 Å². The van der Waals surface area contributed by atoms with E-state index in [9.17, 15) is 4.79 Å². The molecule has 36 heavy (non-hydrogen) atoms. The molecule has 3 heterocycles. The third-order valence-electron chi connectivity index (χ3n) is 6.36. The molecule has 0 amide bonds. The molecule has 0 saturated carbocycles. The maximum absolute atomic E-state index is 13.8. The molecule has 3 aromatic heterocycles. The van der Waals surface area contributed by atoms with Crippen LogP contribution in [0.4, 0.5) is 0 Å². The molecule has 176 valence electrons. The Hall–Kier alpha value is -4.65. The average molecular weight is 473 g/mol. The van der Waals surface area contributed by atoms with Crippen LogP contribution in [0.5, 0.6) is 0 Å². The zero-order valence-corrected chi connectivity index (χ0v) is 20.1. The number of nitrogens with zero attached hydrogens (tertiary/aromatic N) is 6. The molecule has 3 aromatic carbocycles. The Bertz CT molecular complexity index is 1830. The zero-order valence-electron chi connectivity index (χ0n) is 20.1. The molecule has 6 aromatic rings. The Labute approximate surface area is 207 Å². The number of para-hydroxylation sites is 2. The molecule has 0 aliphatic heterocycles. The fraction of sp³-hybridized carbons (Fsp3) is 0.138. The molecule has 0 aliphatic rings. The molecule has 0 fully saturated rings. The quantitative estimate of drug-likeness (QED) is 0.330. The molecule has 0 spiro atoms. The number of aryl methyl sites for hydroxylation is 3. The van der Waals surface area contributed by atoms with Crippen molar-refractivity contribution >= 4 is 39.4 Å². The van der Waals surface area contributed by atoms with Gasteiger partial charge < -0.3 is 0 Å². The van der Waals surface area contributed by atoms with Crippen molar-refractivity contribution < 1.29 is 0 Å². The van der Waals surface area contributed by atoms with Crippen LogP contribution in [0.1, 0.15) is 22.5 Å². The van der Waals surface area contributed by atoms with Gasteiger partial charge in [0.1, 0.15) is 16.7 Å². The molecular formula is C29H24N6O. The Kier molecular flexibility index (Phi) is 5.37. The largest absolute Gasteiger partial charge is 0.296 e. The summed E-state index contributed by atoms with van der Waals surface area (Å²) in [5.41, 5.74) is 6.07. The Morgan fingerprint density at radius 2 is 1.58 bits per heavy atom. The van der Waals surface area contributed by atoms with Crippen LogP contribution >= 0.6 is 0 Å². The van der Waals surface area contributed by atoms with Gasteiger partial charge in [-0.25, -0.2) is 15.0 Å². The summed E-state index contributed by atoms with van der Waals surface area (Å²) < 4.78 is 3.36. The van der Waals surface area contributed by atoms with E-state index in [0.717, 1.165) is 28.6 Å². The minimum atomic E-state index is -0.132. The summed E-state index contributed by atoms with van der Waals surface area (Å²) in [5.74, 6) is 0.628. The number of fused-ring (bicyclic) bond motifs is 4. The summed E-state index contributed by atoms with van der Waals surface area (Å²) in [7, 11) is 0. The second kappa shape index (κ2) is 8.85. The average Bonchev–Trinajstić information content (AvgIpc) is 3.18. The number of hydrogen-bond acceptors (Lipinski definition) is 5. The van der Waals surface area contributed by atoms with Crippen molar-refractivity contribution in [3.05, 3.63) is 112 Å². The standard InChI is InChI=1S/C29H24N6O/c1-19-9-8-12-22(17-19)18-30-35-27-25(26-28(35)33-24-14-7-6-13-23(24)32-26)29(36)34(20(2)31-27)16-15-21-10-4-3-5-11-21/h3-14,17-18H,15-16H2,1-2H3/b30-18-. The van der Waals surface area contributed by atoms with E-state index in [1.165, 1.54) is 5.56 Å². The van der Waals surface area contributed by atoms with E-state index in [0.29, 0.717) is 34.6 Å². The lowest BCUT2D eigenvalue weighted by Crippen LogP contribution is -2.25. The molecule has 0 unspecified atom stereocenters. The number of benzene rings is 3. The Morgan fingerprint density at radius 1 is 0.833 bits per heavy atom. The van der Waals surface area contributed by atoms with Gasteiger partial charge in [-0.1, -0.05) is 72.3 Å². The van der Waals surface area contributed by atoms with E-state index in [1.807, 2.05) is 80.6 Å². The minimum absolute atomic E-state index is 0.132. The summed E-state index contributed by atoms with van der Waals surface area (Å²) in [5, 5.41) is 5.16. The lowest BCUT2D eigenvalue weighted by molar-refractivity contribution is 0.636. The molecule has 7 nitrogen and oxygen atoms in total. The fourth-order valence-electron chi connectivity index (χ4n) is 4.55. The summed E-state index contributed by atoms with van der Waals surface area (Å²) >= 11 is 0. The smallest absolute Gasteiger partial charge is 0.265 e. The lowest BCUT2D eigenvalue weighted by atomic mass is 10.1. The second-order valence-electron chi connectivity index (χ2n) is 8.91. The Morgan fingerprint density at radius 3 is 2.36 bits per heavy atom. The first kappa shape index (κ1) is 21.9. The molecule has 0 N–H and O–H groups in total. The highest BCUT2D eigenvalue weighted by Crippen LogP contribution is 2.25. The maximum atomic E-state index is 13.8. The predicted octanol–water partition coefficient (Wildman–Crippen LogP) is 5.04. The van der Waals surface area contributed by atoms with Crippen LogP contribution in [-0.4, -0.2) is 30.4 Å². The molecule has 0 bridgehead atoms. The SMILES string of the molecule is Cc1cccc(/C=N\n2c3nc4ccccc4nc3c3c(=O)n(CCc4ccccc4)c(C)nc32)c1. The van der Waals surface area contributed by atoms with Crippen LogP contribution in [0.15, 0.2) is 88.8 Å². The minimum Gasteiger partial charge on any atom is -0.296 e. The molecule has 0 aliphatic carbocycles. The van der Waals surface area contributed by atoms with Gasteiger partial charge in [-0.2, -0.15) is 9.78 Å². The van der Waals surface area contributed by atoms with Crippen molar-refractivity contribution in [1.82, 2.24) is 24.2 Å². The van der Waals surface area contributed by atoms with Gasteiger partial charge in [0.2, 0.25) is 0 Å². The van der Waals surface area contributed by atoms with Crippen LogP contribution in [-0.2, 0) is 13.0 Å². The first-order valence-corrected chi connectivity index (χ1v) is 11.9. The molecule has 0 atom stereocenters. The first-order valence-electron chi connectivity index (χ1n) is 11.9. The van der Waals surface area contributed by atoms with Crippen LogP contribution in [0.3, 0.4) is 0 Å². The van der Waals surface area contributed by atoms with E-state index in [4.69, 9.17) is 20.1 Å². The highest BCUT2D eigenvalue weighted by atomic mass is 16.1. The normalized spacial score (nSPS) is 11.8. The van der Waals surface area contributed by atoms with E-state index in [1.54, 1.807) is 15.5 Å². The van der Waals surface area contributed by atoms with Crippen molar-refractivity contribution in [2.75, 3.05) is 0 Å². The Balaban J connectivity index is 1.58. The monoisotopic (exact) mass is 472 g/mol. The van der Waals surface area contributed by atoms with Gasteiger partial charge in [-0.05, 0) is 43.5 Å². The van der Waals surface area contributed by atoms with Gasteiger partial charge in [0.25, 0.3) is 5.56 Å². The van der Waals surface area contributed by atoms with Gasteiger partial charge in [-0.3, -0.25) is 9.36 Å². The fourth-order valence-corrected chi connectivity index (χ4v) is 4.55. The topological polar surface area (TPSA) is 78.0 Å². The molecular weight excluding hydrogens is 448 g/mol. The van der Waals surface area contributed by atoms with E-state index in [-0.39, 0.29) is 5.56 Å². The highest BCUT2D eigenvalue weighted by molar-refractivity contribution is 6.05. The number of aromatic nitrogens is 5. The first-order chi connectivity index (χ1) is 17.6. The molecule has 0 radical (unpaired) electrons. The van der Waals surface area contributed by atoms with E-state index < -0.39 is 0 Å². The number of rotatable bonds is 5. The van der Waals surface area contributed by atoms with Gasteiger partial charge in [0.15, 0.2) is 11.3 Å². The van der Waals surface area contributed by atoms with Crippen molar-refractivity contribution in [1.29, 1.82) is 0 Å². The van der Waals surface area contributed by atoms with E-state index >= 15 is 0 Å². The van der Waals surface area contributed by atoms with Crippen LogP contribution in [0, 0.1) is 13.8 Å². The van der Waals surface area contributed by atoms with Crippen LogP contribution < -0.4 is 5.56 Å². The molecule has 6 rings (SSSR count). The molecule has 7 heteroatoms. The van der Waals surface area contributed by atoms with Crippen molar-refractivity contribution in [2.45, 2.75) is 26.8 Å². The summed E-state index contributed by atoms with van der Waals surface area (Å²) in [6.07, 6.45) is 2.49. The molecule has 0 saturated heterocycles. The summed E-state index contributed by atoms with van der Waals surface area (Å²) in [4.78, 5) is 28.4. The van der Waals surface area contributed by atoms with Crippen molar-refractivity contribution in [3.63, 3.8) is 0 Å².